The topological polar surface area (TPSA) is 38.3 Å². The third kappa shape index (κ3) is 2.49. The molecule has 1 aliphatic heterocycles. The molecule has 1 N–H and O–H groups in total. The summed E-state index contributed by atoms with van der Waals surface area (Å²) in [6.07, 6.45) is -0.330. The molecule has 1 aliphatic rings. The standard InChI is InChI=1S/C9H9NO2.C2H6/c11-9-10-8(6-12-9)7-4-2-1-3-5-7;1-2/h1-5,8H,6H2,(H,10,11);1-2H3. The fraction of sp³-hybridized carbons (Fsp3) is 0.364. The van der Waals surface area contributed by atoms with Crippen LogP contribution < -0.4 is 5.32 Å². The van der Waals surface area contributed by atoms with Gasteiger partial charge in [0, 0.05) is 0 Å². The molecule has 3 heteroatoms. The molecule has 1 amide bonds. The molecule has 1 aromatic rings. The van der Waals surface area contributed by atoms with Crippen LogP contribution in [0.4, 0.5) is 4.79 Å². The minimum absolute atomic E-state index is 0.0266. The highest BCUT2D eigenvalue weighted by Gasteiger charge is 2.22. The lowest BCUT2D eigenvalue weighted by molar-refractivity contribution is 0.177. The summed E-state index contributed by atoms with van der Waals surface area (Å²) in [4.78, 5) is 10.7. The van der Waals surface area contributed by atoms with E-state index in [9.17, 15) is 4.79 Å². The minimum atomic E-state index is -0.330. The summed E-state index contributed by atoms with van der Waals surface area (Å²) < 4.78 is 4.77. The van der Waals surface area contributed by atoms with Gasteiger partial charge in [0.2, 0.25) is 0 Å². The van der Waals surface area contributed by atoms with Crippen molar-refractivity contribution in [2.75, 3.05) is 6.61 Å². The second-order valence-electron chi connectivity index (χ2n) is 2.71. The molecule has 1 atom stereocenters. The SMILES string of the molecule is CC.O=C1NC(c2ccccc2)CO1. The number of benzene rings is 1. The molecule has 1 fully saturated rings. The van der Waals surface area contributed by atoms with Crippen LogP contribution in [0.2, 0.25) is 0 Å². The van der Waals surface area contributed by atoms with E-state index >= 15 is 0 Å². The highest BCUT2D eigenvalue weighted by atomic mass is 16.6. The molecule has 1 saturated heterocycles. The largest absolute Gasteiger partial charge is 0.447 e. The van der Waals surface area contributed by atoms with Crippen LogP contribution in [0.15, 0.2) is 30.3 Å². The van der Waals surface area contributed by atoms with Gasteiger partial charge in [-0.05, 0) is 5.56 Å². The van der Waals surface area contributed by atoms with E-state index in [-0.39, 0.29) is 12.1 Å². The van der Waals surface area contributed by atoms with Gasteiger partial charge in [-0.1, -0.05) is 44.2 Å². The second kappa shape index (κ2) is 5.27. The van der Waals surface area contributed by atoms with Crippen molar-refractivity contribution in [3.8, 4) is 0 Å². The summed E-state index contributed by atoms with van der Waals surface area (Å²) >= 11 is 0. The molecule has 1 unspecified atom stereocenters. The maximum absolute atomic E-state index is 10.7. The van der Waals surface area contributed by atoms with E-state index in [0.29, 0.717) is 6.61 Å². The Bertz CT molecular complexity index is 285. The second-order valence-corrected chi connectivity index (χ2v) is 2.71. The van der Waals surface area contributed by atoms with Gasteiger partial charge in [-0.15, -0.1) is 0 Å². The Hall–Kier alpha value is -1.51. The van der Waals surface area contributed by atoms with Gasteiger partial charge in [-0.3, -0.25) is 0 Å². The van der Waals surface area contributed by atoms with Gasteiger partial charge < -0.3 is 10.1 Å². The maximum atomic E-state index is 10.7. The first kappa shape index (κ1) is 10.6. The fourth-order valence-corrected chi connectivity index (χ4v) is 1.25. The number of amides is 1. The Morgan fingerprint density at radius 3 is 2.43 bits per heavy atom. The number of hydrogen-bond acceptors (Lipinski definition) is 2. The van der Waals surface area contributed by atoms with Crippen molar-refractivity contribution < 1.29 is 9.53 Å². The molecule has 1 aromatic carbocycles. The highest BCUT2D eigenvalue weighted by molar-refractivity contribution is 5.70. The summed E-state index contributed by atoms with van der Waals surface area (Å²) in [7, 11) is 0. The molecule has 14 heavy (non-hydrogen) atoms. The molecule has 0 aliphatic carbocycles. The monoisotopic (exact) mass is 193 g/mol. The zero-order valence-electron chi connectivity index (χ0n) is 8.49. The van der Waals surface area contributed by atoms with Gasteiger partial charge in [-0.25, -0.2) is 4.79 Å². The van der Waals surface area contributed by atoms with Gasteiger partial charge in [0.1, 0.15) is 6.61 Å². The summed E-state index contributed by atoms with van der Waals surface area (Å²) in [6.45, 7) is 4.43. The highest BCUT2D eigenvalue weighted by Crippen LogP contribution is 2.16. The Morgan fingerprint density at radius 2 is 1.93 bits per heavy atom. The summed E-state index contributed by atoms with van der Waals surface area (Å²) in [5, 5.41) is 2.71. The molecule has 76 valence electrons. The van der Waals surface area contributed by atoms with E-state index < -0.39 is 0 Å². The average molecular weight is 193 g/mol. The minimum Gasteiger partial charge on any atom is -0.447 e. The van der Waals surface area contributed by atoms with Crippen LogP contribution in [0.3, 0.4) is 0 Å². The number of carbonyl (C=O) groups excluding carboxylic acids is 1. The van der Waals surface area contributed by atoms with Crippen molar-refractivity contribution >= 4 is 6.09 Å². The first-order chi connectivity index (χ1) is 6.86. The van der Waals surface area contributed by atoms with Gasteiger partial charge in [0.05, 0.1) is 6.04 Å². The number of alkyl carbamates (subject to hydrolysis) is 1. The Kier molecular flexibility index (Phi) is 3.98. The van der Waals surface area contributed by atoms with Crippen molar-refractivity contribution in [2.45, 2.75) is 19.9 Å². The van der Waals surface area contributed by atoms with E-state index in [2.05, 4.69) is 5.32 Å². The predicted molar refractivity (Wildman–Crippen MR) is 55.0 cm³/mol. The summed E-state index contributed by atoms with van der Waals surface area (Å²) in [6, 6.07) is 9.80. The van der Waals surface area contributed by atoms with Crippen molar-refractivity contribution in [3.05, 3.63) is 35.9 Å². The van der Waals surface area contributed by atoms with Crippen LogP contribution in [0.25, 0.3) is 0 Å². The van der Waals surface area contributed by atoms with Crippen molar-refractivity contribution in [1.82, 2.24) is 5.32 Å². The summed E-state index contributed by atoms with van der Waals surface area (Å²) in [5.41, 5.74) is 1.09. The molecule has 0 bridgehead atoms. The first-order valence-corrected chi connectivity index (χ1v) is 4.84. The van der Waals surface area contributed by atoms with E-state index in [4.69, 9.17) is 4.74 Å². The van der Waals surface area contributed by atoms with Crippen molar-refractivity contribution in [3.63, 3.8) is 0 Å². The number of carbonyl (C=O) groups is 1. The fourth-order valence-electron chi connectivity index (χ4n) is 1.25. The molecule has 1 heterocycles. The molecule has 3 nitrogen and oxygen atoms in total. The molecule has 0 spiro atoms. The van der Waals surface area contributed by atoms with E-state index in [0.717, 1.165) is 5.56 Å². The molecule has 0 radical (unpaired) electrons. The van der Waals surface area contributed by atoms with Crippen molar-refractivity contribution in [1.29, 1.82) is 0 Å². The molecular formula is C11H15NO2. The molecule has 0 saturated carbocycles. The zero-order valence-corrected chi connectivity index (χ0v) is 8.49. The number of hydrogen-bond donors (Lipinski definition) is 1. The van der Waals surface area contributed by atoms with E-state index in [1.807, 2.05) is 44.2 Å². The Balaban J connectivity index is 0.000000461. The van der Waals surface area contributed by atoms with Crippen molar-refractivity contribution in [2.24, 2.45) is 0 Å². The van der Waals surface area contributed by atoms with Gasteiger partial charge in [0.15, 0.2) is 0 Å². The lowest BCUT2D eigenvalue weighted by Crippen LogP contribution is -2.17. The number of rotatable bonds is 1. The van der Waals surface area contributed by atoms with Gasteiger partial charge in [-0.2, -0.15) is 0 Å². The zero-order chi connectivity index (χ0) is 10.4. The van der Waals surface area contributed by atoms with Gasteiger partial charge >= 0.3 is 6.09 Å². The number of cyclic esters (lactones) is 1. The third-order valence-corrected chi connectivity index (χ3v) is 1.88. The predicted octanol–water partition coefficient (Wildman–Crippen LogP) is 2.49. The maximum Gasteiger partial charge on any atom is 0.407 e. The lowest BCUT2D eigenvalue weighted by Gasteiger charge is -2.05. The van der Waals surface area contributed by atoms with E-state index in [1.165, 1.54) is 0 Å². The first-order valence-electron chi connectivity index (χ1n) is 4.84. The summed E-state index contributed by atoms with van der Waals surface area (Å²) in [5.74, 6) is 0. The Labute approximate surface area is 84.1 Å². The molecule has 0 aromatic heterocycles. The smallest absolute Gasteiger partial charge is 0.407 e. The van der Waals surface area contributed by atoms with Crippen LogP contribution in [0.5, 0.6) is 0 Å². The number of nitrogens with one attached hydrogen (secondary N) is 1. The molecular weight excluding hydrogens is 178 g/mol. The number of ether oxygens (including phenoxy) is 1. The Morgan fingerprint density at radius 1 is 1.29 bits per heavy atom. The van der Waals surface area contributed by atoms with E-state index in [1.54, 1.807) is 0 Å². The van der Waals surface area contributed by atoms with Crippen LogP contribution in [-0.2, 0) is 4.74 Å². The van der Waals surface area contributed by atoms with Crippen LogP contribution in [0.1, 0.15) is 25.5 Å². The molecule has 2 rings (SSSR count). The van der Waals surface area contributed by atoms with Crippen LogP contribution in [-0.4, -0.2) is 12.7 Å². The van der Waals surface area contributed by atoms with Gasteiger partial charge in [0.25, 0.3) is 0 Å². The quantitative estimate of drug-likeness (QED) is 0.744. The van der Waals surface area contributed by atoms with Crippen LogP contribution in [0, 0.1) is 0 Å². The normalized spacial score (nSPS) is 19.0. The average Bonchev–Trinajstić information content (AvgIpc) is 2.69. The lowest BCUT2D eigenvalue weighted by atomic mass is 10.1. The van der Waals surface area contributed by atoms with Crippen LogP contribution >= 0.6 is 0 Å². The third-order valence-electron chi connectivity index (χ3n) is 1.88.